The normalized spacial score (nSPS) is 11.8. The van der Waals surface area contributed by atoms with E-state index in [9.17, 15) is 4.79 Å². The molecule has 128 valence electrons. The molecule has 0 atom stereocenters. The van der Waals surface area contributed by atoms with E-state index in [1.54, 1.807) is 11.6 Å². The first kappa shape index (κ1) is 15.9. The first-order chi connectivity index (χ1) is 12.1. The fourth-order valence-corrected chi connectivity index (χ4v) is 3.78. The maximum absolute atomic E-state index is 12.4. The van der Waals surface area contributed by atoms with Gasteiger partial charge >= 0.3 is 0 Å². The molecule has 7 nitrogen and oxygen atoms in total. The summed E-state index contributed by atoms with van der Waals surface area (Å²) in [5.41, 5.74) is 1.92. The topological polar surface area (TPSA) is 68.3 Å². The summed E-state index contributed by atoms with van der Waals surface area (Å²) in [6.07, 6.45) is 2.69. The number of fused-ring (bicyclic) bond motifs is 3. The van der Waals surface area contributed by atoms with E-state index in [4.69, 9.17) is 0 Å². The van der Waals surface area contributed by atoms with Gasteiger partial charge < -0.3 is 0 Å². The van der Waals surface area contributed by atoms with Crippen LogP contribution in [0.15, 0.2) is 40.6 Å². The van der Waals surface area contributed by atoms with Crippen LogP contribution in [0, 0.1) is 0 Å². The van der Waals surface area contributed by atoms with E-state index in [0.717, 1.165) is 34.7 Å². The summed E-state index contributed by atoms with van der Waals surface area (Å²) in [6.45, 7) is 1.52. The van der Waals surface area contributed by atoms with Crippen LogP contribution in [0.25, 0.3) is 16.0 Å². The summed E-state index contributed by atoms with van der Waals surface area (Å²) in [5, 5.41) is 10.5. The van der Waals surface area contributed by atoms with Crippen molar-refractivity contribution in [2.75, 3.05) is 13.6 Å². The number of rotatable bonds is 5. The van der Waals surface area contributed by atoms with Crippen molar-refractivity contribution in [3.8, 4) is 0 Å². The number of thiophene rings is 1. The van der Waals surface area contributed by atoms with E-state index in [2.05, 4.69) is 27.1 Å². The molecule has 0 saturated heterocycles. The Kier molecular flexibility index (Phi) is 4.06. The van der Waals surface area contributed by atoms with Gasteiger partial charge in [-0.15, -0.1) is 21.5 Å². The highest BCUT2D eigenvalue weighted by Crippen LogP contribution is 2.19. The zero-order valence-corrected chi connectivity index (χ0v) is 14.9. The third kappa shape index (κ3) is 2.83. The summed E-state index contributed by atoms with van der Waals surface area (Å²) in [7, 11) is 3.79. The fraction of sp³-hybridized carbons (Fsp3) is 0.294. The number of hydrogen-bond donors (Lipinski definition) is 0. The van der Waals surface area contributed by atoms with Gasteiger partial charge in [0, 0.05) is 31.9 Å². The lowest BCUT2D eigenvalue weighted by molar-refractivity contribution is 0.320. The molecule has 0 N–H and O–H groups in total. The van der Waals surface area contributed by atoms with Crippen molar-refractivity contribution in [2.45, 2.75) is 13.0 Å². The Balaban J connectivity index is 1.62. The number of hydrogen-bond acceptors (Lipinski definition) is 6. The number of pyridine rings is 1. The molecule has 0 fully saturated rings. The largest absolute Gasteiger partial charge is 0.299 e. The molecule has 4 rings (SSSR count). The summed E-state index contributed by atoms with van der Waals surface area (Å²) in [5.74, 6) is 1.40. The first-order valence-electron chi connectivity index (χ1n) is 8.04. The van der Waals surface area contributed by atoms with Gasteiger partial charge in [0.15, 0.2) is 5.82 Å². The van der Waals surface area contributed by atoms with Gasteiger partial charge in [0.25, 0.3) is 5.56 Å². The Bertz CT molecular complexity index is 1080. The maximum atomic E-state index is 12.4. The van der Waals surface area contributed by atoms with Crippen molar-refractivity contribution < 1.29 is 0 Å². The second-order valence-corrected chi connectivity index (χ2v) is 6.98. The van der Waals surface area contributed by atoms with Gasteiger partial charge in [0.2, 0.25) is 5.78 Å². The summed E-state index contributed by atoms with van der Waals surface area (Å²) in [4.78, 5) is 18.9. The van der Waals surface area contributed by atoms with Crippen LogP contribution in [0.4, 0.5) is 0 Å². The van der Waals surface area contributed by atoms with Crippen LogP contribution in [0.1, 0.15) is 11.5 Å². The summed E-state index contributed by atoms with van der Waals surface area (Å²) in [6, 6.07) is 7.91. The number of aryl methyl sites for hydroxylation is 1. The van der Waals surface area contributed by atoms with E-state index in [1.807, 2.05) is 40.2 Å². The molecule has 0 aliphatic carbocycles. The summed E-state index contributed by atoms with van der Waals surface area (Å²) >= 11 is 1.45. The monoisotopic (exact) mass is 354 g/mol. The minimum atomic E-state index is -0.0278. The SMILES string of the molecule is CN(CCc1ccccn1)Cc1nnc2n(C)c(=O)c3sccc3n12. The third-order valence-corrected chi connectivity index (χ3v) is 5.18. The smallest absolute Gasteiger partial charge is 0.272 e. The average Bonchev–Trinajstić information content (AvgIpc) is 3.26. The van der Waals surface area contributed by atoms with Gasteiger partial charge in [-0.1, -0.05) is 6.07 Å². The molecule has 0 spiro atoms. The number of aromatic nitrogens is 5. The van der Waals surface area contributed by atoms with Crippen LogP contribution >= 0.6 is 11.3 Å². The van der Waals surface area contributed by atoms with Crippen molar-refractivity contribution >= 4 is 27.3 Å². The third-order valence-electron chi connectivity index (χ3n) is 4.28. The highest BCUT2D eigenvalue weighted by atomic mass is 32.1. The van der Waals surface area contributed by atoms with E-state index < -0.39 is 0 Å². The molecule has 0 amide bonds. The van der Waals surface area contributed by atoms with Crippen molar-refractivity contribution in [3.05, 3.63) is 57.7 Å². The average molecular weight is 354 g/mol. The molecule has 4 heterocycles. The standard InChI is InChI=1S/C17H18N6OS/c1-21(9-6-12-5-3-4-8-18-12)11-14-19-20-17-22(2)16(24)15-13(23(14)17)7-10-25-15/h3-5,7-8,10H,6,9,11H2,1-2H3. The van der Waals surface area contributed by atoms with E-state index in [-0.39, 0.29) is 5.56 Å². The molecule has 0 saturated carbocycles. The minimum absolute atomic E-state index is 0.0278. The molecule has 0 unspecified atom stereocenters. The van der Waals surface area contributed by atoms with Gasteiger partial charge in [0.1, 0.15) is 4.70 Å². The molecule has 0 radical (unpaired) electrons. The Hall–Kier alpha value is -2.58. The van der Waals surface area contributed by atoms with Crippen LogP contribution < -0.4 is 5.56 Å². The lowest BCUT2D eigenvalue weighted by atomic mass is 10.2. The van der Waals surface area contributed by atoms with Crippen molar-refractivity contribution in [3.63, 3.8) is 0 Å². The summed E-state index contributed by atoms with van der Waals surface area (Å²) < 4.78 is 4.26. The molecular formula is C17H18N6OS. The molecule has 0 bridgehead atoms. The Labute approximate surface area is 148 Å². The molecule has 4 aromatic rings. The number of nitrogens with zero attached hydrogens (tertiary/aromatic N) is 6. The Morgan fingerprint density at radius 1 is 1.24 bits per heavy atom. The fourth-order valence-electron chi connectivity index (χ4n) is 2.93. The highest BCUT2D eigenvalue weighted by Gasteiger charge is 2.16. The highest BCUT2D eigenvalue weighted by molar-refractivity contribution is 7.17. The van der Waals surface area contributed by atoms with Crippen LogP contribution in [0.3, 0.4) is 0 Å². The van der Waals surface area contributed by atoms with Gasteiger partial charge in [-0.25, -0.2) is 0 Å². The second kappa shape index (κ2) is 6.38. The lowest BCUT2D eigenvalue weighted by Crippen LogP contribution is -2.23. The molecule has 0 aliphatic heterocycles. The number of likely N-dealkylation sites (N-methyl/N-ethyl adjacent to an activating group) is 1. The van der Waals surface area contributed by atoms with Gasteiger partial charge in [-0.3, -0.25) is 23.6 Å². The van der Waals surface area contributed by atoms with Crippen LogP contribution in [-0.4, -0.2) is 42.6 Å². The van der Waals surface area contributed by atoms with Crippen molar-refractivity contribution in [1.82, 2.24) is 29.0 Å². The molecule has 0 aromatic carbocycles. The molecule has 4 aromatic heterocycles. The van der Waals surface area contributed by atoms with E-state index in [0.29, 0.717) is 12.3 Å². The molecule has 0 aliphatic rings. The zero-order chi connectivity index (χ0) is 17.4. The maximum Gasteiger partial charge on any atom is 0.272 e. The quantitative estimate of drug-likeness (QED) is 0.546. The lowest BCUT2D eigenvalue weighted by Gasteiger charge is -2.15. The minimum Gasteiger partial charge on any atom is -0.299 e. The van der Waals surface area contributed by atoms with Crippen LogP contribution in [-0.2, 0) is 20.0 Å². The zero-order valence-electron chi connectivity index (χ0n) is 14.1. The van der Waals surface area contributed by atoms with Crippen LogP contribution in [0.5, 0.6) is 0 Å². The van der Waals surface area contributed by atoms with Gasteiger partial charge in [-0.2, -0.15) is 0 Å². The van der Waals surface area contributed by atoms with Crippen molar-refractivity contribution in [2.24, 2.45) is 7.05 Å². The molecule has 8 heteroatoms. The Morgan fingerprint density at radius 3 is 2.92 bits per heavy atom. The molecule has 25 heavy (non-hydrogen) atoms. The van der Waals surface area contributed by atoms with E-state index >= 15 is 0 Å². The predicted octanol–water partition coefficient (Wildman–Crippen LogP) is 1.71. The first-order valence-corrected chi connectivity index (χ1v) is 8.92. The van der Waals surface area contributed by atoms with E-state index in [1.165, 1.54) is 11.3 Å². The van der Waals surface area contributed by atoms with Gasteiger partial charge in [-0.05, 0) is 30.6 Å². The Morgan fingerprint density at radius 2 is 2.12 bits per heavy atom. The second-order valence-electron chi connectivity index (χ2n) is 6.06. The molecular weight excluding hydrogens is 336 g/mol. The predicted molar refractivity (Wildman–Crippen MR) is 97.9 cm³/mol. The van der Waals surface area contributed by atoms with Gasteiger partial charge in [0.05, 0.1) is 12.1 Å². The van der Waals surface area contributed by atoms with Crippen molar-refractivity contribution in [1.29, 1.82) is 0 Å². The van der Waals surface area contributed by atoms with Crippen LogP contribution in [0.2, 0.25) is 0 Å².